The van der Waals surface area contributed by atoms with E-state index in [9.17, 15) is 14.0 Å². The molecular formula is C16H18FN5O2. The van der Waals surface area contributed by atoms with Gasteiger partial charge in [0.15, 0.2) is 0 Å². The molecule has 24 heavy (non-hydrogen) atoms. The zero-order valence-corrected chi connectivity index (χ0v) is 13.4. The van der Waals surface area contributed by atoms with Crippen LogP contribution in [0.25, 0.3) is 11.3 Å². The SMILES string of the molecule is CC(=O)N1C[C@H](F)[C@H](Nc2nc(-c3ccncc3)cc(=O)n2C)C1. The maximum absolute atomic E-state index is 14.2. The van der Waals surface area contributed by atoms with Gasteiger partial charge in [-0.05, 0) is 12.1 Å². The van der Waals surface area contributed by atoms with Gasteiger partial charge in [0, 0.05) is 44.5 Å². The van der Waals surface area contributed by atoms with Crippen LogP contribution in [-0.4, -0.2) is 50.6 Å². The number of halogens is 1. The minimum absolute atomic E-state index is 0.0466. The number of aromatic nitrogens is 3. The predicted molar refractivity (Wildman–Crippen MR) is 87.3 cm³/mol. The lowest BCUT2D eigenvalue weighted by molar-refractivity contribution is -0.128. The molecule has 0 aromatic carbocycles. The highest BCUT2D eigenvalue weighted by Gasteiger charge is 2.34. The summed E-state index contributed by atoms with van der Waals surface area (Å²) >= 11 is 0. The highest BCUT2D eigenvalue weighted by Crippen LogP contribution is 2.20. The molecule has 126 valence electrons. The summed E-state index contributed by atoms with van der Waals surface area (Å²) in [5.41, 5.74) is 0.982. The van der Waals surface area contributed by atoms with Crippen molar-refractivity contribution in [2.45, 2.75) is 19.1 Å². The Hall–Kier alpha value is -2.77. The fourth-order valence-corrected chi connectivity index (χ4v) is 2.66. The zero-order chi connectivity index (χ0) is 17.3. The number of pyridine rings is 1. The van der Waals surface area contributed by atoms with E-state index < -0.39 is 12.2 Å². The number of nitrogens with zero attached hydrogens (tertiary/aromatic N) is 4. The Balaban J connectivity index is 1.90. The van der Waals surface area contributed by atoms with Gasteiger partial charge in [0.05, 0.1) is 18.3 Å². The third-order valence-corrected chi connectivity index (χ3v) is 4.12. The van der Waals surface area contributed by atoms with Crippen molar-refractivity contribution in [2.24, 2.45) is 7.05 Å². The third kappa shape index (κ3) is 3.12. The highest BCUT2D eigenvalue weighted by molar-refractivity contribution is 5.73. The van der Waals surface area contributed by atoms with Crippen LogP contribution in [0.1, 0.15) is 6.92 Å². The first-order valence-electron chi connectivity index (χ1n) is 7.60. The number of nitrogens with one attached hydrogen (secondary N) is 1. The van der Waals surface area contributed by atoms with Crippen molar-refractivity contribution < 1.29 is 9.18 Å². The molecule has 2 atom stereocenters. The fourth-order valence-electron chi connectivity index (χ4n) is 2.66. The van der Waals surface area contributed by atoms with Crippen molar-refractivity contribution >= 4 is 11.9 Å². The third-order valence-electron chi connectivity index (χ3n) is 4.12. The highest BCUT2D eigenvalue weighted by atomic mass is 19.1. The van der Waals surface area contributed by atoms with Crippen molar-refractivity contribution in [3.8, 4) is 11.3 Å². The quantitative estimate of drug-likeness (QED) is 0.901. The Bertz CT molecular complexity index is 808. The van der Waals surface area contributed by atoms with Crippen LogP contribution in [0.3, 0.4) is 0 Å². The number of amides is 1. The van der Waals surface area contributed by atoms with Crippen LogP contribution in [0.15, 0.2) is 35.4 Å². The van der Waals surface area contributed by atoms with E-state index in [1.165, 1.54) is 22.5 Å². The zero-order valence-electron chi connectivity index (χ0n) is 13.4. The number of carbonyl (C=O) groups is 1. The lowest BCUT2D eigenvalue weighted by Crippen LogP contribution is -2.34. The van der Waals surface area contributed by atoms with Gasteiger partial charge in [-0.3, -0.25) is 19.1 Å². The number of likely N-dealkylation sites (tertiary alicyclic amines) is 1. The predicted octanol–water partition coefficient (Wildman–Crippen LogP) is 0.823. The molecule has 0 spiro atoms. The monoisotopic (exact) mass is 331 g/mol. The van der Waals surface area contributed by atoms with E-state index in [0.29, 0.717) is 5.69 Å². The summed E-state index contributed by atoms with van der Waals surface area (Å²) in [7, 11) is 1.57. The van der Waals surface area contributed by atoms with E-state index in [2.05, 4.69) is 15.3 Å². The van der Waals surface area contributed by atoms with Gasteiger partial charge in [-0.15, -0.1) is 0 Å². The number of rotatable bonds is 3. The molecule has 1 saturated heterocycles. The molecule has 0 unspecified atom stereocenters. The van der Waals surface area contributed by atoms with Crippen LogP contribution < -0.4 is 10.9 Å². The van der Waals surface area contributed by atoms with Gasteiger partial charge in [-0.1, -0.05) is 0 Å². The molecule has 0 saturated carbocycles. The maximum atomic E-state index is 14.2. The summed E-state index contributed by atoms with van der Waals surface area (Å²) in [6, 6.07) is 4.32. The summed E-state index contributed by atoms with van der Waals surface area (Å²) in [4.78, 5) is 33.4. The number of anilines is 1. The molecule has 1 fully saturated rings. The smallest absolute Gasteiger partial charge is 0.255 e. The van der Waals surface area contributed by atoms with Crippen LogP contribution in [0.2, 0.25) is 0 Å². The number of carbonyl (C=O) groups excluding carboxylic acids is 1. The van der Waals surface area contributed by atoms with Gasteiger partial charge >= 0.3 is 0 Å². The normalized spacial score (nSPS) is 20.2. The molecule has 3 rings (SSSR count). The van der Waals surface area contributed by atoms with Crippen molar-refractivity contribution in [2.75, 3.05) is 18.4 Å². The van der Waals surface area contributed by atoms with Crippen LogP contribution >= 0.6 is 0 Å². The molecule has 2 aromatic rings. The van der Waals surface area contributed by atoms with Crippen LogP contribution in [0.4, 0.5) is 10.3 Å². The summed E-state index contributed by atoms with van der Waals surface area (Å²) in [6.07, 6.45) is 2.01. The van der Waals surface area contributed by atoms with Gasteiger partial charge in [0.1, 0.15) is 6.17 Å². The lowest BCUT2D eigenvalue weighted by atomic mass is 10.2. The average molecular weight is 331 g/mol. The molecule has 8 heteroatoms. The Labute approximate surface area is 138 Å². The van der Waals surface area contributed by atoms with Gasteiger partial charge in [0.25, 0.3) is 5.56 Å². The largest absolute Gasteiger partial charge is 0.348 e. The van der Waals surface area contributed by atoms with Gasteiger partial charge in [-0.2, -0.15) is 0 Å². The van der Waals surface area contributed by atoms with E-state index in [0.717, 1.165) is 5.56 Å². The molecule has 1 amide bonds. The van der Waals surface area contributed by atoms with Crippen LogP contribution in [0, 0.1) is 0 Å². The average Bonchev–Trinajstić information content (AvgIpc) is 2.93. The second-order valence-electron chi connectivity index (χ2n) is 5.79. The maximum Gasteiger partial charge on any atom is 0.255 e. The lowest BCUT2D eigenvalue weighted by Gasteiger charge is -2.18. The van der Waals surface area contributed by atoms with Crippen molar-refractivity contribution in [1.82, 2.24) is 19.4 Å². The molecule has 0 bridgehead atoms. The van der Waals surface area contributed by atoms with Crippen molar-refractivity contribution in [3.63, 3.8) is 0 Å². The molecule has 0 radical (unpaired) electrons. The standard InChI is InChI=1S/C16H18FN5O2/c1-10(23)22-8-12(17)14(9-22)20-16-19-13(7-15(24)21(16)2)11-3-5-18-6-4-11/h3-7,12,14H,8-9H2,1-2H3,(H,19,20)/t12-,14+/m0/s1. The molecule has 1 aliphatic rings. The van der Waals surface area contributed by atoms with Gasteiger partial charge < -0.3 is 10.2 Å². The first-order chi connectivity index (χ1) is 11.5. The summed E-state index contributed by atoms with van der Waals surface area (Å²) < 4.78 is 15.5. The molecule has 0 aliphatic carbocycles. The number of hydrogen-bond donors (Lipinski definition) is 1. The molecule has 7 nitrogen and oxygen atoms in total. The molecule has 3 heterocycles. The minimum Gasteiger partial charge on any atom is -0.348 e. The summed E-state index contributed by atoms with van der Waals surface area (Å²) in [5, 5.41) is 2.96. The van der Waals surface area contributed by atoms with Crippen LogP contribution in [0.5, 0.6) is 0 Å². The van der Waals surface area contributed by atoms with E-state index >= 15 is 0 Å². The van der Waals surface area contributed by atoms with E-state index in [1.54, 1.807) is 31.6 Å². The van der Waals surface area contributed by atoms with E-state index in [4.69, 9.17) is 0 Å². The topological polar surface area (TPSA) is 80.1 Å². The van der Waals surface area contributed by atoms with Crippen molar-refractivity contribution in [1.29, 1.82) is 0 Å². The second kappa shape index (κ2) is 6.38. The first-order valence-corrected chi connectivity index (χ1v) is 7.60. The summed E-state index contributed by atoms with van der Waals surface area (Å²) in [5.74, 6) is 0.0988. The summed E-state index contributed by atoms with van der Waals surface area (Å²) in [6.45, 7) is 1.70. The minimum atomic E-state index is -1.21. The Morgan fingerprint density at radius 3 is 2.67 bits per heavy atom. The number of alkyl halides is 1. The van der Waals surface area contributed by atoms with Crippen LogP contribution in [-0.2, 0) is 11.8 Å². The first kappa shape index (κ1) is 16.1. The van der Waals surface area contributed by atoms with Gasteiger partial charge in [-0.25, -0.2) is 9.37 Å². The number of hydrogen-bond acceptors (Lipinski definition) is 5. The van der Waals surface area contributed by atoms with Gasteiger partial charge in [0.2, 0.25) is 11.9 Å². The molecular weight excluding hydrogens is 313 g/mol. The van der Waals surface area contributed by atoms with E-state index in [-0.39, 0.29) is 30.5 Å². The van der Waals surface area contributed by atoms with E-state index in [1.807, 2.05) is 0 Å². The molecule has 2 aromatic heterocycles. The Morgan fingerprint density at radius 1 is 1.33 bits per heavy atom. The Morgan fingerprint density at radius 2 is 2.04 bits per heavy atom. The second-order valence-corrected chi connectivity index (χ2v) is 5.79. The molecule has 1 N–H and O–H groups in total. The van der Waals surface area contributed by atoms with Crippen molar-refractivity contribution in [3.05, 3.63) is 40.9 Å². The Kier molecular flexibility index (Phi) is 4.28. The molecule has 1 aliphatic heterocycles. The fraction of sp³-hybridized carbons (Fsp3) is 0.375.